The number of carbonyl (C=O) groups is 1. The van der Waals surface area contributed by atoms with E-state index in [0.717, 1.165) is 12.8 Å². The van der Waals surface area contributed by atoms with E-state index in [-0.39, 0.29) is 11.5 Å². The Hall–Kier alpha value is -0.950. The second-order valence-corrected chi connectivity index (χ2v) is 5.71. The number of carbonyl (C=O) groups excluding carboxylic acids is 1. The molecule has 1 aromatic rings. The van der Waals surface area contributed by atoms with Crippen LogP contribution in [0, 0.1) is 10.1 Å². The van der Waals surface area contributed by atoms with E-state index < -0.39 is 4.92 Å². The first-order valence-electron chi connectivity index (χ1n) is 5.67. The summed E-state index contributed by atoms with van der Waals surface area (Å²) in [5.74, 6) is 0.700. The van der Waals surface area contributed by atoms with Gasteiger partial charge in [-0.1, -0.05) is 0 Å². The molecular formula is C12H13Br2NO4. The van der Waals surface area contributed by atoms with Gasteiger partial charge in [0.25, 0.3) is 5.69 Å². The molecule has 19 heavy (non-hydrogen) atoms. The van der Waals surface area contributed by atoms with Gasteiger partial charge < -0.3 is 9.53 Å². The van der Waals surface area contributed by atoms with Crippen molar-refractivity contribution in [2.24, 2.45) is 0 Å². The van der Waals surface area contributed by atoms with Crippen LogP contribution in [0.4, 0.5) is 5.69 Å². The average molecular weight is 395 g/mol. The molecule has 0 aliphatic carbocycles. The molecule has 1 aromatic carbocycles. The van der Waals surface area contributed by atoms with E-state index in [1.165, 1.54) is 12.1 Å². The van der Waals surface area contributed by atoms with Crippen LogP contribution in [0.25, 0.3) is 0 Å². The Balaban J connectivity index is 2.59. The highest BCUT2D eigenvalue weighted by molar-refractivity contribution is 9.11. The van der Waals surface area contributed by atoms with Crippen LogP contribution >= 0.6 is 31.9 Å². The highest BCUT2D eigenvalue weighted by atomic mass is 79.9. The Labute approximate surface area is 127 Å². The zero-order valence-electron chi connectivity index (χ0n) is 10.3. The first-order chi connectivity index (χ1) is 8.91. The number of rotatable bonds is 7. The SMILES string of the molecule is CC(=O)CCCCOc1c(Br)cc([N+](=O)[O-])cc1Br. The van der Waals surface area contributed by atoms with Crippen LogP contribution in [0.2, 0.25) is 0 Å². The van der Waals surface area contributed by atoms with Crippen LogP contribution in [0.3, 0.4) is 0 Å². The monoisotopic (exact) mass is 393 g/mol. The van der Waals surface area contributed by atoms with Gasteiger partial charge in [0.1, 0.15) is 11.5 Å². The van der Waals surface area contributed by atoms with E-state index in [1.807, 2.05) is 0 Å². The number of hydrogen-bond donors (Lipinski definition) is 0. The van der Waals surface area contributed by atoms with Gasteiger partial charge >= 0.3 is 0 Å². The van der Waals surface area contributed by atoms with E-state index in [4.69, 9.17) is 4.74 Å². The lowest BCUT2D eigenvalue weighted by Crippen LogP contribution is -2.01. The van der Waals surface area contributed by atoms with Crippen LogP contribution < -0.4 is 4.74 Å². The summed E-state index contributed by atoms with van der Waals surface area (Å²) in [6, 6.07) is 2.80. The Kier molecular flexibility index (Phi) is 6.44. The molecule has 0 N–H and O–H groups in total. The number of ketones is 1. The number of benzene rings is 1. The lowest BCUT2D eigenvalue weighted by atomic mass is 10.2. The molecule has 0 heterocycles. The summed E-state index contributed by atoms with van der Waals surface area (Å²) in [6.45, 7) is 2.02. The van der Waals surface area contributed by atoms with Crippen molar-refractivity contribution in [1.29, 1.82) is 0 Å². The van der Waals surface area contributed by atoms with Gasteiger partial charge in [-0.25, -0.2) is 0 Å². The van der Waals surface area contributed by atoms with Crippen molar-refractivity contribution in [2.45, 2.75) is 26.2 Å². The van der Waals surface area contributed by atoms with Crippen LogP contribution in [0.1, 0.15) is 26.2 Å². The number of halogens is 2. The maximum atomic E-state index is 10.8. The zero-order valence-corrected chi connectivity index (χ0v) is 13.5. The lowest BCUT2D eigenvalue weighted by Gasteiger charge is -2.09. The first-order valence-corrected chi connectivity index (χ1v) is 7.26. The summed E-state index contributed by atoms with van der Waals surface area (Å²) < 4.78 is 6.61. The Morgan fingerprint density at radius 3 is 2.37 bits per heavy atom. The lowest BCUT2D eigenvalue weighted by molar-refractivity contribution is -0.385. The molecular weight excluding hydrogens is 382 g/mol. The number of nitrogens with zero attached hydrogens (tertiary/aromatic N) is 1. The molecule has 0 amide bonds. The van der Waals surface area contributed by atoms with Gasteiger partial charge in [0, 0.05) is 18.6 Å². The van der Waals surface area contributed by atoms with Crippen molar-refractivity contribution in [1.82, 2.24) is 0 Å². The molecule has 0 saturated carbocycles. The molecule has 0 unspecified atom stereocenters. The van der Waals surface area contributed by atoms with Crippen molar-refractivity contribution in [3.8, 4) is 5.75 Å². The third-order valence-corrected chi connectivity index (χ3v) is 3.54. The Bertz CT molecular complexity index is 468. The Morgan fingerprint density at radius 1 is 1.32 bits per heavy atom. The minimum absolute atomic E-state index is 0.0114. The van der Waals surface area contributed by atoms with E-state index in [2.05, 4.69) is 31.9 Å². The minimum atomic E-state index is -0.466. The largest absolute Gasteiger partial charge is 0.491 e. The average Bonchev–Trinajstić information content (AvgIpc) is 2.30. The van der Waals surface area contributed by atoms with Gasteiger partial charge in [-0.3, -0.25) is 10.1 Å². The van der Waals surface area contributed by atoms with E-state index in [1.54, 1.807) is 6.92 Å². The molecule has 0 atom stereocenters. The molecule has 0 radical (unpaired) electrons. The molecule has 0 spiro atoms. The van der Waals surface area contributed by atoms with E-state index in [9.17, 15) is 14.9 Å². The fourth-order valence-corrected chi connectivity index (χ4v) is 2.83. The maximum absolute atomic E-state index is 10.8. The minimum Gasteiger partial charge on any atom is -0.491 e. The second-order valence-electron chi connectivity index (χ2n) is 4.00. The summed E-state index contributed by atoms with van der Waals surface area (Å²) in [4.78, 5) is 21.0. The number of Topliss-reactive ketones (excluding diaryl/α,β-unsaturated/α-hetero) is 1. The molecule has 104 valence electrons. The van der Waals surface area contributed by atoms with Crippen molar-refractivity contribution in [3.05, 3.63) is 31.2 Å². The highest BCUT2D eigenvalue weighted by Gasteiger charge is 2.14. The molecule has 0 aliphatic heterocycles. The van der Waals surface area contributed by atoms with Crippen molar-refractivity contribution < 1.29 is 14.5 Å². The fraction of sp³-hybridized carbons (Fsp3) is 0.417. The number of non-ortho nitro benzene ring substituents is 1. The standard InChI is InChI=1S/C12H13Br2NO4/c1-8(16)4-2-3-5-19-12-10(13)6-9(15(17)18)7-11(12)14/h6-7H,2-5H2,1H3. The molecule has 5 nitrogen and oxygen atoms in total. The summed E-state index contributed by atoms with van der Waals surface area (Å²) in [6.07, 6.45) is 2.08. The first kappa shape index (κ1) is 16.1. The molecule has 0 fully saturated rings. The smallest absolute Gasteiger partial charge is 0.271 e. The summed E-state index contributed by atoms with van der Waals surface area (Å²) in [5, 5.41) is 10.7. The summed E-state index contributed by atoms with van der Waals surface area (Å²) in [7, 11) is 0. The van der Waals surface area contributed by atoms with Gasteiger partial charge in [-0.2, -0.15) is 0 Å². The van der Waals surface area contributed by atoms with Gasteiger partial charge in [-0.15, -0.1) is 0 Å². The fourth-order valence-electron chi connectivity index (χ4n) is 1.44. The molecule has 0 aromatic heterocycles. The predicted molar refractivity (Wildman–Crippen MR) is 78.5 cm³/mol. The molecule has 0 aliphatic rings. The van der Waals surface area contributed by atoms with Gasteiger partial charge in [0.2, 0.25) is 0 Å². The number of ether oxygens (including phenoxy) is 1. The molecule has 0 saturated heterocycles. The quantitative estimate of drug-likeness (QED) is 0.393. The van der Waals surface area contributed by atoms with E-state index in [0.29, 0.717) is 27.7 Å². The van der Waals surface area contributed by atoms with Crippen molar-refractivity contribution in [3.63, 3.8) is 0 Å². The zero-order chi connectivity index (χ0) is 14.4. The topological polar surface area (TPSA) is 69.4 Å². The highest BCUT2D eigenvalue weighted by Crippen LogP contribution is 2.37. The second kappa shape index (κ2) is 7.59. The third kappa shape index (κ3) is 5.28. The maximum Gasteiger partial charge on any atom is 0.271 e. The van der Waals surface area contributed by atoms with Gasteiger partial charge in [0.05, 0.1) is 20.5 Å². The summed E-state index contributed by atoms with van der Waals surface area (Å²) in [5.41, 5.74) is -0.0114. The predicted octanol–water partition coefficient (Wildman–Crippen LogP) is 4.26. The van der Waals surface area contributed by atoms with E-state index >= 15 is 0 Å². The Morgan fingerprint density at radius 2 is 1.89 bits per heavy atom. The summed E-state index contributed by atoms with van der Waals surface area (Å²) >= 11 is 6.49. The number of unbranched alkanes of at least 4 members (excludes halogenated alkanes) is 1. The number of nitro benzene ring substituents is 1. The number of hydrogen-bond acceptors (Lipinski definition) is 4. The molecule has 0 bridgehead atoms. The molecule has 7 heteroatoms. The van der Waals surface area contributed by atoms with Crippen LogP contribution in [0.5, 0.6) is 5.75 Å². The van der Waals surface area contributed by atoms with Crippen LogP contribution in [0.15, 0.2) is 21.1 Å². The van der Waals surface area contributed by atoms with Crippen molar-refractivity contribution >= 4 is 43.3 Å². The number of nitro groups is 1. The van der Waals surface area contributed by atoms with Gasteiger partial charge in [-0.05, 0) is 51.6 Å². The normalized spacial score (nSPS) is 10.3. The van der Waals surface area contributed by atoms with Gasteiger partial charge in [0.15, 0.2) is 0 Å². The van der Waals surface area contributed by atoms with Crippen LogP contribution in [-0.2, 0) is 4.79 Å². The molecule has 1 rings (SSSR count). The van der Waals surface area contributed by atoms with Crippen LogP contribution in [-0.4, -0.2) is 17.3 Å². The third-order valence-electron chi connectivity index (χ3n) is 2.36. The van der Waals surface area contributed by atoms with Crippen molar-refractivity contribution in [2.75, 3.05) is 6.61 Å².